The average Bonchev–Trinajstić information content (AvgIpc) is 1.94. The van der Waals surface area contributed by atoms with Gasteiger partial charge in [0.15, 0.2) is 0 Å². The molecule has 0 aliphatic heterocycles. The Bertz CT molecular complexity index is 256. The van der Waals surface area contributed by atoms with Crippen molar-refractivity contribution in [3.05, 3.63) is 42.1 Å². The van der Waals surface area contributed by atoms with Gasteiger partial charge in [-0.2, -0.15) is 0 Å². The Hall–Kier alpha value is -0.890. The smallest absolute Gasteiger partial charge is 0.123 e. The molecule has 2 N–H and O–H groups in total. The summed E-state index contributed by atoms with van der Waals surface area (Å²) in [4.78, 5) is 0. The maximum absolute atomic E-state index is 12.6. The molecule has 1 nitrogen and oxygen atoms in total. The predicted molar refractivity (Wildman–Crippen MR) is 43.5 cm³/mol. The van der Waals surface area contributed by atoms with Crippen LogP contribution < -0.4 is 5.73 Å². The standard InChI is InChI=1S/C9H11FN/c1-6-3-4-8(10)5-9(6)7(2)11/h3-5,7H,1,11H2,2H3. The van der Waals surface area contributed by atoms with Crippen LogP contribution >= 0.6 is 0 Å². The largest absolute Gasteiger partial charge is 0.324 e. The van der Waals surface area contributed by atoms with Crippen molar-refractivity contribution in [3.63, 3.8) is 0 Å². The van der Waals surface area contributed by atoms with Gasteiger partial charge in [0.2, 0.25) is 0 Å². The van der Waals surface area contributed by atoms with Crippen LogP contribution in [-0.4, -0.2) is 0 Å². The molecule has 0 bridgehead atoms. The van der Waals surface area contributed by atoms with E-state index in [-0.39, 0.29) is 11.9 Å². The summed E-state index contributed by atoms with van der Waals surface area (Å²) >= 11 is 0. The molecule has 0 saturated heterocycles. The maximum atomic E-state index is 12.6. The lowest BCUT2D eigenvalue weighted by molar-refractivity contribution is 0.622. The van der Waals surface area contributed by atoms with Crippen molar-refractivity contribution in [1.29, 1.82) is 0 Å². The Kier molecular flexibility index (Phi) is 2.25. The summed E-state index contributed by atoms with van der Waals surface area (Å²) < 4.78 is 12.6. The van der Waals surface area contributed by atoms with E-state index in [4.69, 9.17) is 5.73 Å². The first-order chi connectivity index (χ1) is 5.11. The van der Waals surface area contributed by atoms with Crippen molar-refractivity contribution in [3.8, 4) is 0 Å². The van der Waals surface area contributed by atoms with E-state index in [1.54, 1.807) is 6.07 Å². The molecular formula is C9H11FN. The molecule has 1 aromatic carbocycles. The fraction of sp³-hybridized carbons (Fsp3) is 0.222. The van der Waals surface area contributed by atoms with Gasteiger partial charge in [0.25, 0.3) is 0 Å². The van der Waals surface area contributed by atoms with Crippen LogP contribution in [0.15, 0.2) is 18.2 Å². The highest BCUT2D eigenvalue weighted by Crippen LogP contribution is 2.15. The topological polar surface area (TPSA) is 26.0 Å². The van der Waals surface area contributed by atoms with E-state index in [2.05, 4.69) is 6.92 Å². The molecule has 0 aliphatic carbocycles. The highest BCUT2D eigenvalue weighted by atomic mass is 19.1. The predicted octanol–water partition coefficient (Wildman–Crippen LogP) is 2.03. The molecule has 1 aromatic rings. The van der Waals surface area contributed by atoms with E-state index in [1.807, 2.05) is 6.92 Å². The zero-order valence-electron chi connectivity index (χ0n) is 6.47. The van der Waals surface area contributed by atoms with Crippen molar-refractivity contribution in [1.82, 2.24) is 0 Å². The number of nitrogens with two attached hydrogens (primary N) is 1. The monoisotopic (exact) mass is 152 g/mol. The van der Waals surface area contributed by atoms with Gasteiger partial charge in [-0.25, -0.2) is 4.39 Å². The first-order valence-corrected chi connectivity index (χ1v) is 3.48. The van der Waals surface area contributed by atoms with Gasteiger partial charge in [-0.1, -0.05) is 6.07 Å². The Morgan fingerprint density at radius 3 is 2.64 bits per heavy atom. The summed E-state index contributed by atoms with van der Waals surface area (Å²) in [6.45, 7) is 5.55. The second kappa shape index (κ2) is 3.01. The van der Waals surface area contributed by atoms with E-state index in [0.29, 0.717) is 0 Å². The SMILES string of the molecule is [CH2]c1ccc(F)cc1C(C)N. The van der Waals surface area contributed by atoms with E-state index < -0.39 is 0 Å². The molecule has 0 fully saturated rings. The lowest BCUT2D eigenvalue weighted by atomic mass is 10.0. The summed E-state index contributed by atoms with van der Waals surface area (Å²) in [5.41, 5.74) is 7.14. The molecule has 0 aromatic heterocycles. The summed E-state index contributed by atoms with van der Waals surface area (Å²) in [5, 5.41) is 0. The lowest BCUT2D eigenvalue weighted by Gasteiger charge is -2.08. The molecule has 1 atom stereocenters. The quantitative estimate of drug-likeness (QED) is 0.654. The van der Waals surface area contributed by atoms with Gasteiger partial charge in [0.05, 0.1) is 0 Å². The molecule has 2 heteroatoms. The fourth-order valence-corrected chi connectivity index (χ4v) is 0.990. The molecule has 0 saturated carbocycles. The Morgan fingerprint density at radius 2 is 2.18 bits per heavy atom. The highest BCUT2D eigenvalue weighted by Gasteiger charge is 2.03. The highest BCUT2D eigenvalue weighted by molar-refractivity contribution is 5.32. The zero-order valence-corrected chi connectivity index (χ0v) is 6.47. The third kappa shape index (κ3) is 1.77. The third-order valence-corrected chi connectivity index (χ3v) is 1.60. The van der Waals surface area contributed by atoms with E-state index >= 15 is 0 Å². The normalized spacial score (nSPS) is 13.1. The number of halogens is 1. The molecule has 1 unspecified atom stereocenters. The molecule has 0 heterocycles. The van der Waals surface area contributed by atoms with Crippen LogP contribution in [0, 0.1) is 12.7 Å². The molecular weight excluding hydrogens is 141 g/mol. The van der Waals surface area contributed by atoms with Gasteiger partial charge in [-0.05, 0) is 37.1 Å². The van der Waals surface area contributed by atoms with Gasteiger partial charge >= 0.3 is 0 Å². The Labute approximate surface area is 66.0 Å². The van der Waals surface area contributed by atoms with Crippen LogP contribution in [0.4, 0.5) is 4.39 Å². The number of benzene rings is 1. The second-order valence-electron chi connectivity index (χ2n) is 2.63. The molecule has 1 rings (SSSR count). The summed E-state index contributed by atoms with van der Waals surface area (Å²) in [7, 11) is 0. The van der Waals surface area contributed by atoms with E-state index in [9.17, 15) is 4.39 Å². The van der Waals surface area contributed by atoms with Gasteiger partial charge in [0.1, 0.15) is 5.82 Å². The first-order valence-electron chi connectivity index (χ1n) is 3.48. The molecule has 0 spiro atoms. The van der Waals surface area contributed by atoms with Crippen LogP contribution in [0.25, 0.3) is 0 Å². The van der Waals surface area contributed by atoms with Crippen LogP contribution in [-0.2, 0) is 0 Å². The second-order valence-corrected chi connectivity index (χ2v) is 2.63. The third-order valence-electron chi connectivity index (χ3n) is 1.60. The zero-order chi connectivity index (χ0) is 8.43. The first kappa shape index (κ1) is 8.21. The fourth-order valence-electron chi connectivity index (χ4n) is 0.990. The van der Waals surface area contributed by atoms with Crippen molar-refractivity contribution in [2.75, 3.05) is 0 Å². The van der Waals surface area contributed by atoms with Crippen molar-refractivity contribution in [2.24, 2.45) is 5.73 Å². The summed E-state index contributed by atoms with van der Waals surface area (Å²) in [6.07, 6.45) is 0. The minimum Gasteiger partial charge on any atom is -0.324 e. The molecule has 0 aliphatic rings. The minimum atomic E-state index is -0.260. The van der Waals surface area contributed by atoms with Gasteiger partial charge in [-0.15, -0.1) is 0 Å². The van der Waals surface area contributed by atoms with Crippen LogP contribution in [0.5, 0.6) is 0 Å². The van der Waals surface area contributed by atoms with E-state index in [1.165, 1.54) is 12.1 Å². The number of rotatable bonds is 1. The van der Waals surface area contributed by atoms with Gasteiger partial charge in [-0.3, -0.25) is 0 Å². The van der Waals surface area contributed by atoms with Crippen molar-refractivity contribution >= 4 is 0 Å². The molecule has 59 valence electrons. The molecule has 1 radical (unpaired) electrons. The Morgan fingerprint density at radius 1 is 1.55 bits per heavy atom. The minimum absolute atomic E-state index is 0.154. The van der Waals surface area contributed by atoms with Crippen molar-refractivity contribution < 1.29 is 4.39 Å². The van der Waals surface area contributed by atoms with Gasteiger partial charge in [0, 0.05) is 6.04 Å². The number of hydrogen-bond donors (Lipinski definition) is 1. The summed E-state index contributed by atoms with van der Waals surface area (Å²) in [6, 6.07) is 4.29. The molecule has 0 amide bonds. The lowest BCUT2D eigenvalue weighted by Crippen LogP contribution is -2.07. The number of hydrogen-bond acceptors (Lipinski definition) is 1. The van der Waals surface area contributed by atoms with Crippen LogP contribution in [0.1, 0.15) is 24.1 Å². The Balaban J connectivity index is 3.13. The average molecular weight is 152 g/mol. The molecule has 11 heavy (non-hydrogen) atoms. The van der Waals surface area contributed by atoms with Crippen LogP contribution in [0.3, 0.4) is 0 Å². The maximum Gasteiger partial charge on any atom is 0.123 e. The van der Waals surface area contributed by atoms with Crippen molar-refractivity contribution in [2.45, 2.75) is 13.0 Å². The van der Waals surface area contributed by atoms with Gasteiger partial charge < -0.3 is 5.73 Å². The van der Waals surface area contributed by atoms with E-state index in [0.717, 1.165) is 11.1 Å². The summed E-state index contributed by atoms with van der Waals surface area (Å²) in [5.74, 6) is -0.260. The van der Waals surface area contributed by atoms with Crippen LogP contribution in [0.2, 0.25) is 0 Å².